The largest absolute Gasteiger partial charge is 0.471 e. The van der Waals surface area contributed by atoms with Crippen LogP contribution in [0.25, 0.3) is 0 Å². The van der Waals surface area contributed by atoms with Crippen molar-refractivity contribution in [3.63, 3.8) is 0 Å². The lowest BCUT2D eigenvalue weighted by Gasteiger charge is -2.12. The Balaban J connectivity index is 2.16. The van der Waals surface area contributed by atoms with Crippen LogP contribution in [-0.4, -0.2) is 23.8 Å². The zero-order valence-electron chi connectivity index (χ0n) is 8.02. The minimum atomic E-state index is -4.93. The molecule has 2 heterocycles. The van der Waals surface area contributed by atoms with Gasteiger partial charge in [-0.3, -0.25) is 10.1 Å². The van der Waals surface area contributed by atoms with Gasteiger partial charge in [-0.15, -0.1) is 0 Å². The number of aryl methyl sites for hydroxylation is 1. The summed E-state index contributed by atoms with van der Waals surface area (Å²) < 4.78 is 40.8. The molecule has 0 aromatic carbocycles. The van der Waals surface area contributed by atoms with E-state index in [2.05, 4.69) is 10.5 Å². The molecule has 8 heteroatoms. The van der Waals surface area contributed by atoms with E-state index >= 15 is 0 Å². The number of hydrogen-bond donors (Lipinski definition) is 2. The second kappa shape index (κ2) is 3.69. The molecule has 0 unspecified atom stereocenters. The van der Waals surface area contributed by atoms with Gasteiger partial charge >= 0.3 is 12.1 Å². The van der Waals surface area contributed by atoms with Crippen LogP contribution in [0.4, 0.5) is 24.7 Å². The second-order valence-electron chi connectivity index (χ2n) is 3.31. The van der Waals surface area contributed by atoms with E-state index in [1.807, 2.05) is 0 Å². The lowest BCUT2D eigenvalue weighted by atomic mass is 10.1. The van der Waals surface area contributed by atoms with Crippen LogP contribution in [0.15, 0.2) is 4.52 Å². The van der Waals surface area contributed by atoms with Gasteiger partial charge < -0.3 is 9.84 Å². The van der Waals surface area contributed by atoms with Crippen molar-refractivity contribution in [2.75, 3.05) is 17.2 Å². The van der Waals surface area contributed by atoms with Crippen LogP contribution in [-0.2, 0) is 11.2 Å². The van der Waals surface area contributed by atoms with Crippen LogP contribution in [0.1, 0.15) is 12.2 Å². The van der Waals surface area contributed by atoms with Gasteiger partial charge in [0.05, 0.1) is 0 Å². The van der Waals surface area contributed by atoms with Crippen LogP contribution in [0.5, 0.6) is 0 Å². The van der Waals surface area contributed by atoms with Crippen molar-refractivity contribution in [2.45, 2.75) is 19.0 Å². The first-order chi connectivity index (χ1) is 7.48. The summed E-state index contributed by atoms with van der Waals surface area (Å²) in [7, 11) is 0. The molecule has 0 aliphatic carbocycles. The monoisotopic (exact) mass is 235 g/mol. The van der Waals surface area contributed by atoms with Crippen LogP contribution < -0.4 is 10.6 Å². The maximum Gasteiger partial charge on any atom is 0.471 e. The number of halogens is 3. The van der Waals surface area contributed by atoms with Crippen molar-refractivity contribution < 1.29 is 22.5 Å². The first-order valence-electron chi connectivity index (χ1n) is 4.59. The highest BCUT2D eigenvalue weighted by Gasteiger charge is 2.40. The molecule has 1 aliphatic heterocycles. The van der Waals surface area contributed by atoms with E-state index in [4.69, 9.17) is 4.52 Å². The van der Waals surface area contributed by atoms with E-state index in [0.717, 1.165) is 6.42 Å². The predicted molar refractivity (Wildman–Crippen MR) is 48.0 cm³/mol. The van der Waals surface area contributed by atoms with Gasteiger partial charge in [-0.2, -0.15) is 13.2 Å². The zero-order chi connectivity index (χ0) is 11.8. The Morgan fingerprint density at radius 2 is 2.25 bits per heavy atom. The third kappa shape index (κ3) is 1.95. The molecule has 5 nitrogen and oxygen atoms in total. The molecule has 2 rings (SSSR count). The van der Waals surface area contributed by atoms with Gasteiger partial charge in [0.1, 0.15) is 5.69 Å². The van der Waals surface area contributed by atoms with E-state index in [9.17, 15) is 18.0 Å². The first kappa shape index (κ1) is 10.8. The Morgan fingerprint density at radius 1 is 1.50 bits per heavy atom. The molecule has 0 fully saturated rings. The highest BCUT2D eigenvalue weighted by Crippen LogP contribution is 2.30. The molecular weight excluding hydrogens is 227 g/mol. The van der Waals surface area contributed by atoms with Gasteiger partial charge in [-0.1, -0.05) is 5.16 Å². The average molecular weight is 235 g/mol. The third-order valence-electron chi connectivity index (χ3n) is 2.13. The molecule has 1 aromatic rings. The number of fused-ring (bicyclic) bond motifs is 1. The molecule has 1 aromatic heterocycles. The summed E-state index contributed by atoms with van der Waals surface area (Å²) >= 11 is 0. The standard InChI is InChI=1S/C8H8F3N3O2/c9-8(10,11)7(15)13-6-5-4(16-14-6)2-1-3-12-5/h12H,1-3H2,(H,13,14,15). The molecule has 16 heavy (non-hydrogen) atoms. The molecule has 0 spiro atoms. The molecule has 0 saturated heterocycles. The maximum absolute atomic E-state index is 12.0. The number of nitrogens with one attached hydrogen (secondary N) is 2. The summed E-state index contributed by atoms with van der Waals surface area (Å²) in [4.78, 5) is 10.7. The number of anilines is 2. The first-order valence-corrected chi connectivity index (χ1v) is 4.59. The van der Waals surface area contributed by atoms with Crippen molar-refractivity contribution >= 4 is 17.4 Å². The fraction of sp³-hybridized carbons (Fsp3) is 0.500. The Morgan fingerprint density at radius 3 is 2.94 bits per heavy atom. The van der Waals surface area contributed by atoms with Crippen LogP contribution in [0, 0.1) is 0 Å². The summed E-state index contributed by atoms with van der Waals surface area (Å²) in [5, 5.41) is 7.87. The van der Waals surface area contributed by atoms with Gasteiger partial charge in [0.25, 0.3) is 0 Å². The fourth-order valence-electron chi connectivity index (χ4n) is 1.40. The lowest BCUT2D eigenvalue weighted by Crippen LogP contribution is -2.30. The normalized spacial score (nSPS) is 15.2. The number of hydrogen-bond acceptors (Lipinski definition) is 4. The second-order valence-corrected chi connectivity index (χ2v) is 3.31. The number of amides is 1. The quantitative estimate of drug-likeness (QED) is 0.774. The van der Waals surface area contributed by atoms with Crippen molar-refractivity contribution in [1.29, 1.82) is 0 Å². The van der Waals surface area contributed by atoms with E-state index in [1.165, 1.54) is 0 Å². The number of alkyl halides is 3. The smallest absolute Gasteiger partial charge is 0.379 e. The van der Waals surface area contributed by atoms with E-state index in [1.54, 1.807) is 5.32 Å². The van der Waals surface area contributed by atoms with Crippen molar-refractivity contribution in [3.8, 4) is 0 Å². The van der Waals surface area contributed by atoms with Gasteiger partial charge in [-0.05, 0) is 6.42 Å². The molecule has 2 N–H and O–H groups in total. The highest BCUT2D eigenvalue weighted by molar-refractivity contribution is 5.96. The Labute approximate surface area is 88.0 Å². The van der Waals surface area contributed by atoms with E-state index < -0.39 is 12.1 Å². The maximum atomic E-state index is 12.0. The summed E-state index contributed by atoms with van der Waals surface area (Å²) in [5.41, 5.74) is 0.337. The zero-order valence-corrected chi connectivity index (χ0v) is 8.02. The lowest BCUT2D eigenvalue weighted by molar-refractivity contribution is -0.167. The molecule has 0 atom stereocenters. The van der Waals surface area contributed by atoms with E-state index in [-0.39, 0.29) is 5.82 Å². The van der Waals surface area contributed by atoms with Gasteiger partial charge in [-0.25, -0.2) is 0 Å². The summed E-state index contributed by atoms with van der Waals surface area (Å²) in [6, 6.07) is 0. The topological polar surface area (TPSA) is 67.2 Å². The Kier molecular flexibility index (Phi) is 2.49. The van der Waals surface area contributed by atoms with Crippen LogP contribution in [0.2, 0.25) is 0 Å². The van der Waals surface area contributed by atoms with Gasteiger partial charge in [0.15, 0.2) is 11.6 Å². The highest BCUT2D eigenvalue weighted by atomic mass is 19.4. The Hall–Kier alpha value is -1.73. The minimum Gasteiger partial charge on any atom is -0.379 e. The number of carbonyl (C=O) groups is 1. The Bertz CT molecular complexity index is 413. The van der Waals surface area contributed by atoms with Gasteiger partial charge in [0, 0.05) is 13.0 Å². The van der Waals surface area contributed by atoms with Gasteiger partial charge in [0.2, 0.25) is 0 Å². The minimum absolute atomic E-state index is 0.211. The molecular formula is C8H8F3N3O2. The number of nitrogens with zero attached hydrogens (tertiary/aromatic N) is 1. The third-order valence-corrected chi connectivity index (χ3v) is 2.13. The number of carbonyl (C=O) groups excluding carboxylic acids is 1. The van der Waals surface area contributed by atoms with Crippen LogP contribution >= 0.6 is 0 Å². The SMILES string of the molecule is O=C(Nc1noc2c1NCCC2)C(F)(F)F. The number of aromatic nitrogens is 1. The summed E-state index contributed by atoms with van der Waals surface area (Å²) in [6.45, 7) is 0.614. The molecule has 1 aliphatic rings. The molecule has 0 bridgehead atoms. The van der Waals surface area contributed by atoms with Crippen LogP contribution in [0.3, 0.4) is 0 Å². The van der Waals surface area contributed by atoms with Crippen molar-refractivity contribution in [1.82, 2.24) is 5.16 Å². The summed E-state index contributed by atoms with van der Waals surface area (Å²) in [5.74, 6) is -1.81. The van der Waals surface area contributed by atoms with Crippen molar-refractivity contribution in [2.24, 2.45) is 0 Å². The molecule has 0 saturated carbocycles. The fourth-order valence-corrected chi connectivity index (χ4v) is 1.40. The van der Waals surface area contributed by atoms with Crippen molar-refractivity contribution in [3.05, 3.63) is 5.76 Å². The summed E-state index contributed by atoms with van der Waals surface area (Å²) in [6.07, 6.45) is -3.52. The molecule has 1 amide bonds. The number of rotatable bonds is 1. The molecule has 88 valence electrons. The average Bonchev–Trinajstić information content (AvgIpc) is 2.61. The molecule has 0 radical (unpaired) electrons. The van der Waals surface area contributed by atoms with E-state index in [0.29, 0.717) is 24.4 Å². The predicted octanol–water partition coefficient (Wildman–Crippen LogP) is 1.53.